The maximum absolute atomic E-state index is 6.70. The third kappa shape index (κ3) is 5.20. The van der Waals surface area contributed by atoms with Crippen molar-refractivity contribution < 1.29 is 8.83 Å². The second kappa shape index (κ2) is 12.6. The highest BCUT2D eigenvalue weighted by Crippen LogP contribution is 2.48. The number of anilines is 3. The molecule has 0 fully saturated rings. The molecule has 3 heteroatoms. The van der Waals surface area contributed by atoms with Crippen molar-refractivity contribution in [3.05, 3.63) is 200 Å². The number of fused-ring (bicyclic) bond motifs is 7. The van der Waals surface area contributed by atoms with Crippen molar-refractivity contribution in [2.45, 2.75) is 0 Å². The van der Waals surface area contributed by atoms with Crippen LogP contribution in [0, 0.1) is 0 Å². The van der Waals surface area contributed by atoms with Crippen LogP contribution in [-0.4, -0.2) is 0 Å². The lowest BCUT2D eigenvalue weighted by atomic mass is 9.95. The summed E-state index contributed by atoms with van der Waals surface area (Å²) < 4.78 is 13.2. The molecule has 0 radical (unpaired) electrons. The molecule has 0 aliphatic heterocycles. The van der Waals surface area contributed by atoms with Gasteiger partial charge in [-0.05, 0) is 93.2 Å². The third-order valence-corrected chi connectivity index (χ3v) is 10.9. The van der Waals surface area contributed by atoms with Gasteiger partial charge in [-0.1, -0.05) is 146 Å². The van der Waals surface area contributed by atoms with Crippen LogP contribution in [0.4, 0.5) is 17.1 Å². The number of furan rings is 2. The fourth-order valence-corrected chi connectivity index (χ4v) is 8.26. The van der Waals surface area contributed by atoms with E-state index in [9.17, 15) is 0 Å². The van der Waals surface area contributed by atoms with E-state index < -0.39 is 0 Å². The van der Waals surface area contributed by atoms with E-state index in [1.54, 1.807) is 0 Å². The average molecular weight is 704 g/mol. The Balaban J connectivity index is 1.12. The first kappa shape index (κ1) is 31.2. The van der Waals surface area contributed by atoms with Crippen LogP contribution in [0.25, 0.3) is 88.0 Å². The van der Waals surface area contributed by atoms with E-state index in [-0.39, 0.29) is 0 Å². The molecule has 11 rings (SSSR count). The molecule has 0 aliphatic rings. The fraction of sp³-hybridized carbons (Fsp3) is 0. The lowest BCUT2D eigenvalue weighted by Gasteiger charge is -2.28. The Morgan fingerprint density at radius 2 is 0.927 bits per heavy atom. The summed E-state index contributed by atoms with van der Waals surface area (Å²) in [4.78, 5) is 2.35. The predicted molar refractivity (Wildman–Crippen MR) is 229 cm³/mol. The quantitative estimate of drug-likeness (QED) is 0.173. The molecule has 0 unspecified atom stereocenters. The standard InChI is InChI=1S/C52H33NO2/c1-2-13-34(14-3-1)36-17-10-18-37(31-36)35-27-29-40(30-28-35)53(47-24-11-22-44-42-20-7-9-25-48(42)55-52(44)47)46-23-8-6-19-41(46)43-21-12-26-49-51(43)45-32-38-15-4-5-16-39(38)33-50(45)54-49/h1-33H. The molecule has 55 heavy (non-hydrogen) atoms. The largest absolute Gasteiger partial charge is 0.456 e. The van der Waals surface area contributed by atoms with Gasteiger partial charge < -0.3 is 13.7 Å². The molecule has 9 aromatic carbocycles. The van der Waals surface area contributed by atoms with Gasteiger partial charge >= 0.3 is 0 Å². The molecular weight excluding hydrogens is 671 g/mol. The molecule has 11 aromatic rings. The van der Waals surface area contributed by atoms with Gasteiger partial charge in [0.15, 0.2) is 5.58 Å². The molecule has 0 saturated carbocycles. The third-order valence-electron chi connectivity index (χ3n) is 10.9. The first-order chi connectivity index (χ1) is 27.3. The molecule has 0 spiro atoms. The number of nitrogens with zero attached hydrogens (tertiary/aromatic N) is 1. The molecule has 0 aliphatic carbocycles. The summed E-state index contributed by atoms with van der Waals surface area (Å²) in [5.41, 5.74) is 13.4. The summed E-state index contributed by atoms with van der Waals surface area (Å²) >= 11 is 0. The Kier molecular flexibility index (Phi) is 7.17. The van der Waals surface area contributed by atoms with Gasteiger partial charge in [-0.3, -0.25) is 0 Å². The van der Waals surface area contributed by atoms with Crippen molar-refractivity contribution in [1.29, 1.82) is 0 Å². The highest BCUT2D eigenvalue weighted by atomic mass is 16.3. The summed E-state index contributed by atoms with van der Waals surface area (Å²) in [5, 5.41) is 6.74. The van der Waals surface area contributed by atoms with Gasteiger partial charge in [0.05, 0.1) is 11.4 Å². The van der Waals surface area contributed by atoms with Crippen molar-refractivity contribution in [3.8, 4) is 33.4 Å². The van der Waals surface area contributed by atoms with Gasteiger partial charge in [0.2, 0.25) is 0 Å². The van der Waals surface area contributed by atoms with E-state index in [1.807, 2.05) is 12.1 Å². The van der Waals surface area contributed by atoms with Crippen LogP contribution >= 0.6 is 0 Å². The van der Waals surface area contributed by atoms with Crippen LogP contribution in [0.1, 0.15) is 0 Å². The van der Waals surface area contributed by atoms with Crippen LogP contribution in [-0.2, 0) is 0 Å². The second-order valence-corrected chi connectivity index (χ2v) is 14.1. The van der Waals surface area contributed by atoms with Crippen molar-refractivity contribution in [3.63, 3.8) is 0 Å². The van der Waals surface area contributed by atoms with E-state index in [0.717, 1.165) is 83.0 Å². The average Bonchev–Trinajstić information content (AvgIpc) is 3.82. The van der Waals surface area contributed by atoms with Crippen LogP contribution < -0.4 is 4.90 Å². The Bertz CT molecular complexity index is 3210. The summed E-state index contributed by atoms with van der Waals surface area (Å²) in [6, 6.07) is 70.9. The van der Waals surface area contributed by atoms with Gasteiger partial charge in [0.25, 0.3) is 0 Å². The molecule has 0 bridgehead atoms. The van der Waals surface area contributed by atoms with E-state index in [1.165, 1.54) is 22.1 Å². The van der Waals surface area contributed by atoms with E-state index >= 15 is 0 Å². The van der Waals surface area contributed by atoms with E-state index in [0.29, 0.717) is 0 Å². The molecule has 3 nitrogen and oxygen atoms in total. The normalized spacial score (nSPS) is 11.6. The first-order valence-corrected chi connectivity index (χ1v) is 18.7. The zero-order valence-electron chi connectivity index (χ0n) is 29.8. The lowest BCUT2D eigenvalue weighted by Crippen LogP contribution is -2.11. The number of para-hydroxylation sites is 3. The molecule has 258 valence electrons. The Morgan fingerprint density at radius 3 is 1.78 bits per heavy atom. The van der Waals surface area contributed by atoms with Gasteiger partial charge in [-0.15, -0.1) is 0 Å². The first-order valence-electron chi connectivity index (χ1n) is 18.7. The number of hydrogen-bond donors (Lipinski definition) is 0. The number of benzene rings is 9. The van der Waals surface area contributed by atoms with E-state index in [4.69, 9.17) is 8.83 Å². The van der Waals surface area contributed by atoms with Crippen molar-refractivity contribution in [2.24, 2.45) is 0 Å². The molecule has 0 atom stereocenters. The van der Waals surface area contributed by atoms with Gasteiger partial charge in [-0.2, -0.15) is 0 Å². The smallest absolute Gasteiger partial charge is 0.159 e. The minimum absolute atomic E-state index is 0.844. The molecule has 0 amide bonds. The highest BCUT2D eigenvalue weighted by Gasteiger charge is 2.23. The molecule has 0 N–H and O–H groups in total. The highest BCUT2D eigenvalue weighted by molar-refractivity contribution is 6.17. The maximum Gasteiger partial charge on any atom is 0.159 e. The molecule has 0 saturated heterocycles. The van der Waals surface area contributed by atoms with Crippen molar-refractivity contribution in [1.82, 2.24) is 0 Å². The zero-order chi connectivity index (χ0) is 36.3. The number of hydrogen-bond acceptors (Lipinski definition) is 3. The second-order valence-electron chi connectivity index (χ2n) is 14.1. The van der Waals surface area contributed by atoms with Gasteiger partial charge in [0.1, 0.15) is 16.7 Å². The topological polar surface area (TPSA) is 29.5 Å². The van der Waals surface area contributed by atoms with Crippen molar-refractivity contribution in [2.75, 3.05) is 4.90 Å². The van der Waals surface area contributed by atoms with Crippen molar-refractivity contribution >= 4 is 71.7 Å². The maximum atomic E-state index is 6.70. The Hall–Kier alpha value is -7.36. The van der Waals surface area contributed by atoms with Crippen LogP contribution in [0.15, 0.2) is 209 Å². The Morgan fingerprint density at radius 1 is 0.327 bits per heavy atom. The lowest BCUT2D eigenvalue weighted by molar-refractivity contribution is 0.669. The van der Waals surface area contributed by atoms with E-state index in [2.05, 4.69) is 193 Å². The van der Waals surface area contributed by atoms with Crippen LogP contribution in [0.5, 0.6) is 0 Å². The SMILES string of the molecule is c1ccc(-c2cccc(-c3ccc(N(c4ccccc4-c4cccc5oc6cc7ccccc7cc6c45)c4cccc5c4oc4ccccc45)cc3)c2)cc1. The predicted octanol–water partition coefficient (Wildman–Crippen LogP) is 15.1. The van der Waals surface area contributed by atoms with Crippen LogP contribution in [0.3, 0.4) is 0 Å². The summed E-state index contributed by atoms with van der Waals surface area (Å²) in [5.74, 6) is 0. The Labute approximate surface area is 317 Å². The van der Waals surface area contributed by atoms with Gasteiger partial charge in [0, 0.05) is 32.8 Å². The molecule has 2 heterocycles. The number of rotatable bonds is 6. The minimum Gasteiger partial charge on any atom is -0.456 e. The molecule has 2 aromatic heterocycles. The summed E-state index contributed by atoms with van der Waals surface area (Å²) in [6.45, 7) is 0. The fourth-order valence-electron chi connectivity index (χ4n) is 8.26. The monoisotopic (exact) mass is 703 g/mol. The van der Waals surface area contributed by atoms with Crippen LogP contribution in [0.2, 0.25) is 0 Å². The zero-order valence-corrected chi connectivity index (χ0v) is 29.8. The summed E-state index contributed by atoms with van der Waals surface area (Å²) in [6.07, 6.45) is 0. The van der Waals surface area contributed by atoms with Gasteiger partial charge in [-0.25, -0.2) is 0 Å². The summed E-state index contributed by atoms with van der Waals surface area (Å²) in [7, 11) is 0. The minimum atomic E-state index is 0.844. The molecular formula is C52H33NO2.